The molecule has 0 saturated carbocycles. The third kappa shape index (κ3) is 6.92. The maximum absolute atomic E-state index is 12.2. The zero-order valence-corrected chi connectivity index (χ0v) is 18.4. The average Bonchev–Trinajstić information content (AvgIpc) is 2.60. The predicted molar refractivity (Wildman–Crippen MR) is 113 cm³/mol. The normalized spacial score (nSPS) is 20.9. The van der Waals surface area contributed by atoms with Gasteiger partial charge < -0.3 is 10.6 Å². The van der Waals surface area contributed by atoms with Crippen molar-refractivity contribution in [3.05, 3.63) is 34.3 Å². The Balaban J connectivity index is 1.72. The largest absolute Gasteiger partial charge is 0.354 e. The van der Waals surface area contributed by atoms with Gasteiger partial charge in [0.15, 0.2) is 0 Å². The molecule has 1 aliphatic heterocycles. The number of hydrogen-bond acceptors (Lipinski definition) is 3. The first-order valence-electron chi connectivity index (χ1n) is 9.73. The van der Waals surface area contributed by atoms with Crippen molar-refractivity contribution in [2.75, 3.05) is 26.2 Å². The number of rotatable bonds is 7. The number of halogens is 1. The van der Waals surface area contributed by atoms with E-state index in [2.05, 4.69) is 59.2 Å². The van der Waals surface area contributed by atoms with E-state index in [1.807, 2.05) is 12.1 Å². The van der Waals surface area contributed by atoms with Crippen molar-refractivity contribution >= 4 is 27.7 Å². The van der Waals surface area contributed by atoms with Crippen molar-refractivity contribution in [1.82, 2.24) is 15.5 Å². The highest BCUT2D eigenvalue weighted by Crippen LogP contribution is 2.26. The van der Waals surface area contributed by atoms with E-state index in [9.17, 15) is 9.59 Å². The van der Waals surface area contributed by atoms with Gasteiger partial charge in [0.25, 0.3) is 5.91 Å². The molecule has 1 aliphatic rings. The number of piperidine rings is 1. The molecular formula is C21H32BrN3O2. The third-order valence-electron chi connectivity index (χ3n) is 5.19. The standard InChI is InChI=1S/C21H32BrN3O2/c1-15-11-16(2)13-25(12-15)21(3,4)14-24-19(26)9-10-23-20(27)17-5-7-18(22)8-6-17/h5-8,15-16H,9-14H2,1-4H3,(H,23,27)(H,24,26)/t15-,16+. The topological polar surface area (TPSA) is 61.4 Å². The molecule has 1 fully saturated rings. The number of carbonyl (C=O) groups is 2. The van der Waals surface area contributed by atoms with Crippen LogP contribution in [0, 0.1) is 11.8 Å². The lowest BCUT2D eigenvalue weighted by Crippen LogP contribution is -2.56. The minimum absolute atomic E-state index is 0.0303. The predicted octanol–water partition coefficient (Wildman–Crippen LogP) is 3.44. The molecule has 0 aliphatic carbocycles. The SMILES string of the molecule is C[C@@H]1C[C@H](C)CN(C(C)(C)CNC(=O)CCNC(=O)c2ccc(Br)cc2)C1. The fourth-order valence-electron chi connectivity index (χ4n) is 3.67. The molecule has 1 heterocycles. The molecule has 2 amide bonds. The minimum Gasteiger partial charge on any atom is -0.354 e. The molecule has 1 aromatic rings. The van der Waals surface area contributed by atoms with Crippen molar-refractivity contribution in [2.45, 2.75) is 46.1 Å². The number of carbonyl (C=O) groups excluding carboxylic acids is 2. The maximum atomic E-state index is 12.2. The van der Waals surface area contributed by atoms with Crippen molar-refractivity contribution in [3.8, 4) is 0 Å². The average molecular weight is 438 g/mol. The highest BCUT2D eigenvalue weighted by atomic mass is 79.9. The lowest BCUT2D eigenvalue weighted by atomic mass is 9.88. The molecule has 0 aromatic heterocycles. The van der Waals surface area contributed by atoms with Gasteiger partial charge in [-0.25, -0.2) is 0 Å². The first-order valence-corrected chi connectivity index (χ1v) is 10.5. The van der Waals surface area contributed by atoms with E-state index in [0.29, 0.717) is 30.5 Å². The second-order valence-corrected chi connectivity index (χ2v) is 9.37. The van der Waals surface area contributed by atoms with E-state index < -0.39 is 0 Å². The summed E-state index contributed by atoms with van der Waals surface area (Å²) in [5, 5.41) is 5.83. The summed E-state index contributed by atoms with van der Waals surface area (Å²) in [6, 6.07) is 7.16. The molecule has 0 radical (unpaired) electrons. The molecular weight excluding hydrogens is 406 g/mol. The van der Waals surface area contributed by atoms with Gasteiger partial charge >= 0.3 is 0 Å². The number of nitrogens with one attached hydrogen (secondary N) is 2. The highest BCUT2D eigenvalue weighted by molar-refractivity contribution is 9.10. The molecule has 0 unspecified atom stereocenters. The Bertz CT molecular complexity index is 635. The van der Waals surface area contributed by atoms with Crippen LogP contribution in [-0.2, 0) is 4.79 Å². The fourth-order valence-corrected chi connectivity index (χ4v) is 3.93. The second-order valence-electron chi connectivity index (χ2n) is 8.45. The van der Waals surface area contributed by atoms with E-state index in [4.69, 9.17) is 0 Å². The van der Waals surface area contributed by atoms with Crippen molar-refractivity contribution in [3.63, 3.8) is 0 Å². The van der Waals surface area contributed by atoms with Gasteiger partial charge in [0.2, 0.25) is 5.91 Å². The molecule has 1 saturated heterocycles. The Morgan fingerprint density at radius 3 is 2.30 bits per heavy atom. The zero-order chi connectivity index (χ0) is 20.0. The van der Waals surface area contributed by atoms with Gasteiger partial charge in [0.05, 0.1) is 0 Å². The van der Waals surface area contributed by atoms with Crippen molar-refractivity contribution in [2.24, 2.45) is 11.8 Å². The smallest absolute Gasteiger partial charge is 0.251 e. The lowest BCUT2D eigenvalue weighted by molar-refractivity contribution is -0.121. The van der Waals surface area contributed by atoms with Crippen LogP contribution in [0.3, 0.4) is 0 Å². The summed E-state index contributed by atoms with van der Waals surface area (Å²) in [5.41, 5.74) is 0.521. The Labute approximate surface area is 171 Å². The fraction of sp³-hybridized carbons (Fsp3) is 0.619. The quantitative estimate of drug-likeness (QED) is 0.686. The van der Waals surface area contributed by atoms with E-state index >= 15 is 0 Å². The number of nitrogens with zero attached hydrogens (tertiary/aromatic N) is 1. The monoisotopic (exact) mass is 437 g/mol. The molecule has 0 bridgehead atoms. The Kier molecular flexibility index (Phi) is 7.86. The third-order valence-corrected chi connectivity index (χ3v) is 5.72. The van der Waals surface area contributed by atoms with E-state index in [0.717, 1.165) is 17.6 Å². The van der Waals surface area contributed by atoms with Gasteiger partial charge in [-0.15, -0.1) is 0 Å². The van der Waals surface area contributed by atoms with Crippen LogP contribution in [-0.4, -0.2) is 48.4 Å². The Morgan fingerprint density at radius 1 is 1.11 bits per heavy atom. The van der Waals surface area contributed by atoms with Crippen LogP contribution in [0.5, 0.6) is 0 Å². The van der Waals surface area contributed by atoms with Gasteiger partial charge in [-0.1, -0.05) is 29.8 Å². The van der Waals surface area contributed by atoms with Crippen molar-refractivity contribution < 1.29 is 9.59 Å². The summed E-state index contributed by atoms with van der Waals surface area (Å²) in [6.45, 7) is 12.1. The van der Waals surface area contributed by atoms with Crippen LogP contribution in [0.4, 0.5) is 0 Å². The van der Waals surface area contributed by atoms with E-state index in [1.165, 1.54) is 6.42 Å². The van der Waals surface area contributed by atoms with Gasteiger partial charge in [0, 0.05) is 48.2 Å². The number of hydrogen-bond donors (Lipinski definition) is 2. The maximum Gasteiger partial charge on any atom is 0.251 e. The van der Waals surface area contributed by atoms with Crippen LogP contribution in [0.15, 0.2) is 28.7 Å². The summed E-state index contributed by atoms with van der Waals surface area (Å²) >= 11 is 3.35. The van der Waals surface area contributed by atoms with Crippen LogP contribution in [0.1, 0.15) is 50.9 Å². The Hall–Kier alpha value is -1.40. The second kappa shape index (κ2) is 9.69. The summed E-state index contributed by atoms with van der Waals surface area (Å²) in [7, 11) is 0. The van der Waals surface area contributed by atoms with Gasteiger partial charge in [-0.05, 0) is 56.4 Å². The van der Waals surface area contributed by atoms with Crippen molar-refractivity contribution in [1.29, 1.82) is 0 Å². The molecule has 0 spiro atoms. The van der Waals surface area contributed by atoms with E-state index in [-0.39, 0.29) is 23.8 Å². The van der Waals surface area contributed by atoms with Crippen LogP contribution >= 0.6 is 15.9 Å². The highest BCUT2D eigenvalue weighted by Gasteiger charge is 2.32. The zero-order valence-electron chi connectivity index (χ0n) is 16.8. The molecule has 150 valence electrons. The number of benzene rings is 1. The first-order chi connectivity index (χ1) is 12.7. The van der Waals surface area contributed by atoms with Crippen LogP contribution < -0.4 is 10.6 Å². The molecule has 2 N–H and O–H groups in total. The van der Waals surface area contributed by atoms with Gasteiger partial charge in [0.1, 0.15) is 0 Å². The van der Waals surface area contributed by atoms with E-state index in [1.54, 1.807) is 12.1 Å². The summed E-state index contributed by atoms with van der Waals surface area (Å²) in [5.74, 6) is 1.19. The Morgan fingerprint density at radius 2 is 1.70 bits per heavy atom. The molecule has 2 atom stereocenters. The molecule has 1 aromatic carbocycles. The summed E-state index contributed by atoms with van der Waals surface area (Å²) in [6.07, 6.45) is 1.56. The summed E-state index contributed by atoms with van der Waals surface area (Å²) < 4.78 is 0.929. The summed E-state index contributed by atoms with van der Waals surface area (Å²) in [4.78, 5) is 26.7. The first kappa shape index (κ1) is 21.9. The molecule has 5 nitrogen and oxygen atoms in total. The van der Waals surface area contributed by atoms with Gasteiger partial charge in [-0.3, -0.25) is 14.5 Å². The number of likely N-dealkylation sites (tertiary alicyclic amines) is 1. The number of amides is 2. The van der Waals surface area contributed by atoms with Crippen LogP contribution in [0.25, 0.3) is 0 Å². The lowest BCUT2D eigenvalue weighted by Gasteiger charge is -2.45. The molecule has 6 heteroatoms. The molecule has 27 heavy (non-hydrogen) atoms. The molecule has 2 rings (SSSR count). The minimum atomic E-state index is -0.160. The van der Waals surface area contributed by atoms with Crippen LogP contribution in [0.2, 0.25) is 0 Å². The van der Waals surface area contributed by atoms with Gasteiger partial charge in [-0.2, -0.15) is 0 Å².